The topological polar surface area (TPSA) is 40.5 Å². The third-order valence-corrected chi connectivity index (χ3v) is 4.95. The highest BCUT2D eigenvalue weighted by atomic mass is 32.1. The van der Waals surface area contributed by atoms with Crippen molar-refractivity contribution in [1.29, 1.82) is 0 Å². The van der Waals surface area contributed by atoms with E-state index in [1.165, 1.54) is 11.1 Å². The highest BCUT2D eigenvalue weighted by Gasteiger charge is 2.21. The monoisotopic (exact) mass is 344 g/mol. The molecule has 130 valence electrons. The molecule has 0 aliphatic heterocycles. The quantitative estimate of drug-likeness (QED) is 0.663. The summed E-state index contributed by atoms with van der Waals surface area (Å²) in [6.07, 6.45) is 0. The highest BCUT2D eigenvalue weighted by Crippen LogP contribution is 2.23. The van der Waals surface area contributed by atoms with Crippen molar-refractivity contribution in [1.82, 2.24) is 15.2 Å². The van der Waals surface area contributed by atoms with Gasteiger partial charge in [-0.15, -0.1) is 11.3 Å². The number of hydrogen-bond acceptors (Lipinski definition) is 3. The Morgan fingerprint density at radius 3 is 2.67 bits per heavy atom. The van der Waals surface area contributed by atoms with Crippen LogP contribution >= 0.6 is 11.3 Å². The minimum atomic E-state index is 0.0278. The first kappa shape index (κ1) is 18.5. The predicted molar refractivity (Wildman–Crippen MR) is 104 cm³/mol. The van der Waals surface area contributed by atoms with Crippen molar-refractivity contribution >= 4 is 17.3 Å². The fraction of sp³-hybridized carbons (Fsp3) is 0.474. The molecule has 1 N–H and O–H groups in total. The summed E-state index contributed by atoms with van der Waals surface area (Å²) < 4.78 is 0. The van der Waals surface area contributed by atoms with Crippen molar-refractivity contribution in [3.63, 3.8) is 0 Å². The summed E-state index contributed by atoms with van der Waals surface area (Å²) in [4.78, 5) is 11.1. The molecule has 2 rings (SSSR count). The molecular weight excluding hydrogens is 316 g/mol. The number of hydrogen-bond donors (Lipinski definition) is 1. The van der Waals surface area contributed by atoms with E-state index in [9.17, 15) is 0 Å². The lowest BCUT2D eigenvalue weighted by Gasteiger charge is -2.29. The van der Waals surface area contributed by atoms with Crippen LogP contribution in [0, 0.1) is 13.8 Å². The Labute approximate surface area is 149 Å². The average Bonchev–Trinajstić information content (AvgIpc) is 2.93. The van der Waals surface area contributed by atoms with Crippen molar-refractivity contribution in [2.45, 2.75) is 39.7 Å². The first-order valence-electron chi connectivity index (χ1n) is 8.22. The maximum atomic E-state index is 4.53. The van der Waals surface area contributed by atoms with Gasteiger partial charge in [0.2, 0.25) is 0 Å². The van der Waals surface area contributed by atoms with Gasteiger partial charge in [0.25, 0.3) is 0 Å². The van der Waals surface area contributed by atoms with Crippen LogP contribution in [0.1, 0.15) is 35.7 Å². The van der Waals surface area contributed by atoms with E-state index in [-0.39, 0.29) is 5.41 Å². The van der Waals surface area contributed by atoms with Crippen LogP contribution in [0.5, 0.6) is 0 Å². The molecule has 1 aromatic carbocycles. The summed E-state index contributed by atoms with van der Waals surface area (Å²) in [5.74, 6) is 0.890. The van der Waals surface area contributed by atoms with Gasteiger partial charge in [0, 0.05) is 31.4 Å². The van der Waals surface area contributed by atoms with E-state index in [1.807, 2.05) is 21.0 Å². The Morgan fingerprint density at radius 2 is 2.08 bits per heavy atom. The van der Waals surface area contributed by atoms with Crippen molar-refractivity contribution < 1.29 is 0 Å². The van der Waals surface area contributed by atoms with Crippen LogP contribution in [-0.2, 0) is 12.0 Å². The van der Waals surface area contributed by atoms with Crippen LogP contribution < -0.4 is 5.32 Å². The zero-order valence-corrected chi connectivity index (χ0v) is 16.4. The molecule has 0 fully saturated rings. The second-order valence-electron chi connectivity index (χ2n) is 6.87. The lowest BCUT2D eigenvalue weighted by Crippen LogP contribution is -2.44. The molecule has 0 aliphatic carbocycles. The average molecular weight is 345 g/mol. The Hall–Kier alpha value is -1.88. The van der Waals surface area contributed by atoms with E-state index in [2.05, 4.69) is 70.6 Å². The molecule has 0 radical (unpaired) electrons. The summed E-state index contributed by atoms with van der Waals surface area (Å²) in [6, 6.07) is 8.71. The lowest BCUT2D eigenvalue weighted by molar-refractivity contribution is 0.445. The van der Waals surface area contributed by atoms with Gasteiger partial charge < -0.3 is 10.2 Å². The molecule has 0 unspecified atom stereocenters. The van der Waals surface area contributed by atoms with Crippen molar-refractivity contribution in [3.05, 3.63) is 51.5 Å². The molecule has 24 heavy (non-hydrogen) atoms. The second kappa shape index (κ2) is 7.79. The highest BCUT2D eigenvalue weighted by molar-refractivity contribution is 7.09. The Morgan fingerprint density at radius 1 is 1.33 bits per heavy atom. The number of benzene rings is 1. The summed E-state index contributed by atoms with van der Waals surface area (Å²) in [5, 5.41) is 6.71. The molecule has 1 heterocycles. The van der Waals surface area contributed by atoms with Crippen molar-refractivity contribution in [2.24, 2.45) is 4.99 Å². The van der Waals surface area contributed by atoms with E-state index in [0.29, 0.717) is 0 Å². The van der Waals surface area contributed by atoms with Crippen LogP contribution in [0.4, 0.5) is 0 Å². The van der Waals surface area contributed by atoms with Gasteiger partial charge in [-0.2, -0.15) is 0 Å². The molecule has 4 nitrogen and oxygen atoms in total. The number of guanidine groups is 1. The number of nitrogens with zero attached hydrogens (tertiary/aromatic N) is 3. The molecular formula is C19H28N4S. The van der Waals surface area contributed by atoms with Gasteiger partial charge in [-0.1, -0.05) is 43.7 Å². The number of aromatic nitrogens is 1. The maximum absolute atomic E-state index is 4.53. The van der Waals surface area contributed by atoms with Crippen molar-refractivity contribution in [2.75, 3.05) is 20.6 Å². The third-order valence-electron chi connectivity index (χ3n) is 4.13. The fourth-order valence-corrected chi connectivity index (χ4v) is 3.26. The minimum absolute atomic E-state index is 0.0278. The molecule has 0 spiro atoms. The Balaban J connectivity index is 1.99. The van der Waals surface area contributed by atoms with Gasteiger partial charge in [0.15, 0.2) is 5.96 Å². The predicted octanol–water partition coefficient (Wildman–Crippen LogP) is 3.74. The first-order chi connectivity index (χ1) is 11.3. The molecule has 0 atom stereocenters. The molecule has 0 aliphatic rings. The standard InChI is InChI=1S/C19H28N4S/c1-14-8-7-9-16(10-14)19(3,4)13-21-18(20-5)23(6)11-17-12-24-15(2)22-17/h7-10,12H,11,13H2,1-6H3,(H,20,21). The third kappa shape index (κ3) is 4.81. The maximum Gasteiger partial charge on any atom is 0.193 e. The van der Waals surface area contributed by atoms with E-state index in [4.69, 9.17) is 0 Å². The molecule has 0 bridgehead atoms. The largest absolute Gasteiger partial charge is 0.355 e. The van der Waals surface area contributed by atoms with E-state index < -0.39 is 0 Å². The zero-order chi connectivity index (χ0) is 17.7. The van der Waals surface area contributed by atoms with E-state index >= 15 is 0 Å². The molecule has 0 saturated heterocycles. The van der Waals surface area contributed by atoms with E-state index in [0.717, 1.165) is 29.8 Å². The molecule has 5 heteroatoms. The van der Waals surface area contributed by atoms with Crippen molar-refractivity contribution in [3.8, 4) is 0 Å². The van der Waals surface area contributed by atoms with Crippen LogP contribution in [0.25, 0.3) is 0 Å². The zero-order valence-electron chi connectivity index (χ0n) is 15.6. The summed E-state index contributed by atoms with van der Waals surface area (Å²) in [7, 11) is 3.87. The van der Waals surface area contributed by atoms with Crippen LogP contribution in [0.15, 0.2) is 34.6 Å². The van der Waals surface area contributed by atoms with Crippen LogP contribution in [0.2, 0.25) is 0 Å². The second-order valence-corrected chi connectivity index (χ2v) is 7.93. The number of rotatable bonds is 5. The van der Waals surface area contributed by atoms with E-state index in [1.54, 1.807) is 11.3 Å². The van der Waals surface area contributed by atoms with Gasteiger partial charge in [-0.25, -0.2) is 4.98 Å². The Kier molecular flexibility index (Phi) is 5.99. The molecule has 0 amide bonds. The fourth-order valence-electron chi connectivity index (χ4n) is 2.65. The number of aryl methyl sites for hydroxylation is 2. The van der Waals surface area contributed by atoms with Gasteiger partial charge in [0.1, 0.15) is 0 Å². The van der Waals surface area contributed by atoms with Gasteiger partial charge >= 0.3 is 0 Å². The SMILES string of the molecule is CN=C(NCC(C)(C)c1cccc(C)c1)N(C)Cc1csc(C)n1. The number of nitrogens with one attached hydrogen (secondary N) is 1. The lowest BCUT2D eigenvalue weighted by atomic mass is 9.84. The first-order valence-corrected chi connectivity index (χ1v) is 9.10. The van der Waals surface area contributed by atoms with Gasteiger partial charge in [-0.3, -0.25) is 4.99 Å². The van der Waals surface area contributed by atoms with Crippen LogP contribution in [0.3, 0.4) is 0 Å². The van der Waals surface area contributed by atoms with Gasteiger partial charge in [-0.05, 0) is 19.4 Å². The molecule has 0 saturated carbocycles. The summed E-state index contributed by atoms with van der Waals surface area (Å²) in [5.41, 5.74) is 3.74. The summed E-state index contributed by atoms with van der Waals surface area (Å²) >= 11 is 1.68. The summed E-state index contributed by atoms with van der Waals surface area (Å²) in [6.45, 7) is 10.3. The number of aliphatic imine (C=N–C) groups is 1. The van der Waals surface area contributed by atoms with Crippen LogP contribution in [-0.4, -0.2) is 36.5 Å². The molecule has 2 aromatic rings. The number of thiazole rings is 1. The smallest absolute Gasteiger partial charge is 0.193 e. The normalized spacial score (nSPS) is 12.3. The van der Waals surface area contributed by atoms with Gasteiger partial charge in [0.05, 0.1) is 17.2 Å². The Bertz CT molecular complexity index is 703. The minimum Gasteiger partial charge on any atom is -0.355 e. The molecule has 1 aromatic heterocycles.